The van der Waals surface area contributed by atoms with Crippen molar-refractivity contribution in [1.82, 2.24) is 8.85 Å². The molecule has 2 fully saturated rings. The van der Waals surface area contributed by atoms with Gasteiger partial charge in [0, 0.05) is 53.8 Å². The van der Waals surface area contributed by atoms with Crippen molar-refractivity contribution in [1.29, 1.82) is 0 Å². The predicted octanol–water partition coefficient (Wildman–Crippen LogP) is 3.40. The molecule has 2 rings (SSSR count). The Morgan fingerprint density at radius 1 is 0.824 bits per heavy atom. The summed E-state index contributed by atoms with van der Waals surface area (Å²) in [6, 6.07) is 1.51. The van der Waals surface area contributed by atoms with Gasteiger partial charge in [-0.15, -0.1) is 0 Å². The van der Waals surface area contributed by atoms with E-state index in [1.165, 1.54) is 25.7 Å². The van der Waals surface area contributed by atoms with E-state index in [9.17, 15) is 8.78 Å². The second-order valence-corrected chi connectivity index (χ2v) is 6.08. The van der Waals surface area contributed by atoms with Crippen LogP contribution >= 0.6 is 22.9 Å². The highest BCUT2D eigenvalue weighted by Crippen LogP contribution is 2.33. The van der Waals surface area contributed by atoms with Crippen molar-refractivity contribution in [2.24, 2.45) is 0 Å². The van der Waals surface area contributed by atoms with Crippen LogP contribution in [0, 0.1) is 0 Å². The summed E-state index contributed by atoms with van der Waals surface area (Å²) in [6.07, 6.45) is 6.15. The number of alkyl halides is 2. The van der Waals surface area contributed by atoms with Gasteiger partial charge in [-0.1, -0.05) is 0 Å². The van der Waals surface area contributed by atoms with Crippen LogP contribution in [0.25, 0.3) is 0 Å². The number of halogens is 3. The van der Waals surface area contributed by atoms with Gasteiger partial charge in [0.2, 0.25) is 5.92 Å². The zero-order valence-corrected chi connectivity index (χ0v) is 12.2. The third-order valence-electron chi connectivity index (χ3n) is 4.07. The Bertz CT molecular complexity index is 233. The molecule has 2 N–H and O–H groups in total. The Balaban J connectivity index is 1.69. The maximum Gasteiger partial charge on any atom is 0.248 e. The van der Waals surface area contributed by atoms with E-state index >= 15 is 0 Å². The van der Waals surface area contributed by atoms with Gasteiger partial charge in [0.05, 0.1) is 0 Å². The second kappa shape index (κ2) is 6.10. The maximum absolute atomic E-state index is 13.0. The first-order valence-electron chi connectivity index (χ1n) is 6.59. The summed E-state index contributed by atoms with van der Waals surface area (Å²) in [7, 11) is 0. The summed E-state index contributed by atoms with van der Waals surface area (Å²) < 4.78 is 29.3. The third kappa shape index (κ3) is 4.28. The largest absolute Gasteiger partial charge is 0.311 e. The lowest BCUT2D eigenvalue weighted by molar-refractivity contribution is -0.0415. The summed E-state index contributed by atoms with van der Waals surface area (Å²) in [4.78, 5) is 0. The van der Waals surface area contributed by atoms with Crippen LogP contribution in [0.4, 0.5) is 8.78 Å². The average molecular weight is 358 g/mol. The highest BCUT2D eigenvalue weighted by molar-refractivity contribution is 14.1. The van der Waals surface area contributed by atoms with Crippen molar-refractivity contribution in [3.8, 4) is 0 Å². The minimum atomic E-state index is -2.40. The molecule has 0 radical (unpaired) electrons. The SMILES string of the molecule is FC1(F)CCC(NC2CCC(NI)CC2)CC1. The average Bonchev–Trinajstić information content (AvgIpc) is 2.33. The van der Waals surface area contributed by atoms with Crippen LogP contribution in [0.5, 0.6) is 0 Å². The van der Waals surface area contributed by atoms with Gasteiger partial charge in [-0.05, 0) is 38.5 Å². The van der Waals surface area contributed by atoms with Crippen molar-refractivity contribution in [2.45, 2.75) is 75.4 Å². The molecule has 0 aromatic rings. The van der Waals surface area contributed by atoms with Gasteiger partial charge in [-0.3, -0.25) is 3.53 Å². The van der Waals surface area contributed by atoms with Crippen molar-refractivity contribution < 1.29 is 8.78 Å². The molecule has 0 aromatic heterocycles. The zero-order valence-electron chi connectivity index (χ0n) is 10.0. The normalized spacial score (nSPS) is 34.8. The number of rotatable bonds is 3. The molecule has 5 heteroatoms. The van der Waals surface area contributed by atoms with Crippen molar-refractivity contribution in [2.75, 3.05) is 0 Å². The van der Waals surface area contributed by atoms with E-state index in [0.29, 0.717) is 31.0 Å². The zero-order chi connectivity index (χ0) is 12.3. The number of hydrogen-bond acceptors (Lipinski definition) is 2. The molecule has 2 aliphatic rings. The molecule has 2 nitrogen and oxygen atoms in total. The third-order valence-corrected chi connectivity index (χ3v) is 4.95. The molecule has 0 unspecified atom stereocenters. The first-order chi connectivity index (χ1) is 8.09. The minimum absolute atomic E-state index is 0.0648. The Morgan fingerprint density at radius 2 is 1.29 bits per heavy atom. The summed E-state index contributed by atoms with van der Waals surface area (Å²) >= 11 is 2.22. The van der Waals surface area contributed by atoms with Gasteiger partial charge in [0.1, 0.15) is 0 Å². The van der Waals surface area contributed by atoms with E-state index < -0.39 is 5.92 Å². The van der Waals surface area contributed by atoms with E-state index in [4.69, 9.17) is 0 Å². The fourth-order valence-corrected chi connectivity index (χ4v) is 3.53. The number of nitrogens with one attached hydrogen (secondary N) is 2. The fourth-order valence-electron chi connectivity index (χ4n) is 2.91. The monoisotopic (exact) mass is 358 g/mol. The van der Waals surface area contributed by atoms with Gasteiger partial charge in [-0.2, -0.15) is 0 Å². The molecule has 100 valence electrons. The first-order valence-corrected chi connectivity index (χ1v) is 7.67. The van der Waals surface area contributed by atoms with Crippen LogP contribution in [-0.4, -0.2) is 24.0 Å². The van der Waals surface area contributed by atoms with Crippen LogP contribution in [0.1, 0.15) is 51.4 Å². The molecule has 0 heterocycles. The Labute approximate surface area is 116 Å². The Kier molecular flexibility index (Phi) is 5.00. The Morgan fingerprint density at radius 3 is 1.82 bits per heavy atom. The van der Waals surface area contributed by atoms with Crippen molar-refractivity contribution in [3.63, 3.8) is 0 Å². The van der Waals surface area contributed by atoms with Gasteiger partial charge in [0.15, 0.2) is 0 Å². The molecular formula is C12H21F2IN2. The molecule has 0 aliphatic heterocycles. The van der Waals surface area contributed by atoms with Gasteiger partial charge < -0.3 is 5.32 Å². The lowest BCUT2D eigenvalue weighted by Crippen LogP contribution is -2.45. The van der Waals surface area contributed by atoms with Gasteiger partial charge >= 0.3 is 0 Å². The summed E-state index contributed by atoms with van der Waals surface area (Å²) in [5.41, 5.74) is 0. The molecule has 2 saturated carbocycles. The highest BCUT2D eigenvalue weighted by atomic mass is 127. The van der Waals surface area contributed by atoms with Crippen LogP contribution in [0.3, 0.4) is 0 Å². The summed E-state index contributed by atoms with van der Waals surface area (Å²) in [5.74, 6) is -2.40. The van der Waals surface area contributed by atoms with Crippen LogP contribution in [0.15, 0.2) is 0 Å². The molecule has 2 aliphatic carbocycles. The molecule has 0 spiro atoms. The molecule has 0 bridgehead atoms. The molecule has 0 aromatic carbocycles. The molecular weight excluding hydrogens is 337 g/mol. The van der Waals surface area contributed by atoms with Crippen molar-refractivity contribution in [3.05, 3.63) is 0 Å². The first kappa shape index (κ1) is 13.9. The lowest BCUT2D eigenvalue weighted by atomic mass is 9.88. The number of hydrogen-bond donors (Lipinski definition) is 2. The Hall–Kier alpha value is 0.510. The second-order valence-electron chi connectivity index (χ2n) is 5.45. The van der Waals surface area contributed by atoms with E-state index in [1.54, 1.807) is 0 Å². The molecule has 0 atom stereocenters. The van der Waals surface area contributed by atoms with Gasteiger partial charge in [-0.25, -0.2) is 8.78 Å². The molecule has 0 amide bonds. The summed E-state index contributed by atoms with van der Waals surface area (Å²) in [5, 5.41) is 3.58. The van der Waals surface area contributed by atoms with E-state index in [-0.39, 0.29) is 12.8 Å². The van der Waals surface area contributed by atoms with Crippen molar-refractivity contribution >= 4 is 22.9 Å². The van der Waals surface area contributed by atoms with E-state index in [1.807, 2.05) is 0 Å². The predicted molar refractivity (Wildman–Crippen MR) is 73.5 cm³/mol. The topological polar surface area (TPSA) is 24.1 Å². The van der Waals surface area contributed by atoms with Gasteiger partial charge in [0.25, 0.3) is 0 Å². The lowest BCUT2D eigenvalue weighted by Gasteiger charge is -2.35. The molecule has 17 heavy (non-hydrogen) atoms. The minimum Gasteiger partial charge on any atom is -0.311 e. The maximum atomic E-state index is 13.0. The van der Waals surface area contributed by atoms with E-state index in [0.717, 1.165) is 0 Å². The van der Waals surface area contributed by atoms with E-state index in [2.05, 4.69) is 31.7 Å². The quantitative estimate of drug-likeness (QED) is 0.597. The smallest absolute Gasteiger partial charge is 0.248 e. The standard InChI is InChI=1S/C12H21F2IN2/c13-12(14)7-5-10(6-8-12)16-9-1-3-11(17-15)4-2-9/h9-11,16-17H,1-8H2. The highest BCUT2D eigenvalue weighted by Gasteiger charge is 2.35. The van der Waals surface area contributed by atoms with Crippen LogP contribution < -0.4 is 8.85 Å². The molecule has 0 saturated heterocycles. The summed E-state index contributed by atoms with van der Waals surface area (Å²) in [6.45, 7) is 0. The fraction of sp³-hybridized carbons (Fsp3) is 1.00. The van der Waals surface area contributed by atoms with Crippen LogP contribution in [-0.2, 0) is 0 Å². The van der Waals surface area contributed by atoms with Crippen LogP contribution in [0.2, 0.25) is 0 Å².